The topological polar surface area (TPSA) is 93.5 Å². The minimum Gasteiger partial charge on any atom is -0.490 e. The van der Waals surface area contributed by atoms with E-state index in [1.807, 2.05) is 0 Å². The van der Waals surface area contributed by atoms with Crippen LogP contribution >= 0.6 is 35.4 Å². The molecule has 0 saturated carbocycles. The van der Waals surface area contributed by atoms with Gasteiger partial charge in [-0.15, -0.1) is 0 Å². The SMILES string of the molecule is COc1ccc(NC(=S)NC(=O)c2ccc(Cl)cc2Cl)cc1[N+](=O)[O-]. The van der Waals surface area contributed by atoms with Crippen molar-refractivity contribution in [3.8, 4) is 5.75 Å². The van der Waals surface area contributed by atoms with Gasteiger partial charge in [-0.05, 0) is 42.5 Å². The predicted octanol–water partition coefficient (Wildman–Crippen LogP) is 4.04. The Bertz CT molecular complexity index is 861. The maximum Gasteiger partial charge on any atom is 0.312 e. The van der Waals surface area contributed by atoms with E-state index in [-0.39, 0.29) is 27.1 Å². The number of hydrogen-bond donors (Lipinski definition) is 2. The van der Waals surface area contributed by atoms with Crippen molar-refractivity contribution in [1.29, 1.82) is 0 Å². The van der Waals surface area contributed by atoms with Crippen LogP contribution in [-0.2, 0) is 0 Å². The number of nitro groups is 1. The number of ether oxygens (including phenoxy) is 1. The summed E-state index contributed by atoms with van der Waals surface area (Å²) in [6, 6.07) is 8.60. The van der Waals surface area contributed by atoms with Crippen LogP contribution in [0.5, 0.6) is 5.75 Å². The van der Waals surface area contributed by atoms with E-state index in [4.69, 9.17) is 40.2 Å². The van der Waals surface area contributed by atoms with Crippen LogP contribution in [0.4, 0.5) is 11.4 Å². The maximum atomic E-state index is 12.2. The van der Waals surface area contributed by atoms with E-state index in [1.165, 1.54) is 43.5 Å². The zero-order valence-electron chi connectivity index (χ0n) is 12.7. The molecule has 0 aliphatic carbocycles. The first-order valence-electron chi connectivity index (χ1n) is 6.71. The molecule has 2 N–H and O–H groups in total. The number of halogens is 2. The zero-order chi connectivity index (χ0) is 18.6. The smallest absolute Gasteiger partial charge is 0.312 e. The predicted molar refractivity (Wildman–Crippen MR) is 99.8 cm³/mol. The molecule has 130 valence electrons. The first-order chi connectivity index (χ1) is 11.8. The van der Waals surface area contributed by atoms with Gasteiger partial charge in [-0.25, -0.2) is 0 Å². The van der Waals surface area contributed by atoms with E-state index in [2.05, 4.69) is 10.6 Å². The molecule has 0 aliphatic rings. The minimum atomic E-state index is -0.584. The summed E-state index contributed by atoms with van der Waals surface area (Å²) in [4.78, 5) is 22.6. The average molecular weight is 400 g/mol. The molecule has 0 heterocycles. The first kappa shape index (κ1) is 18.9. The fraction of sp³-hybridized carbons (Fsp3) is 0.0667. The fourth-order valence-electron chi connectivity index (χ4n) is 1.92. The number of thiocarbonyl (C=S) groups is 1. The Hall–Kier alpha value is -2.42. The van der Waals surface area contributed by atoms with Gasteiger partial charge < -0.3 is 10.1 Å². The average Bonchev–Trinajstić information content (AvgIpc) is 2.54. The van der Waals surface area contributed by atoms with Crippen molar-refractivity contribution in [3.05, 3.63) is 62.1 Å². The summed E-state index contributed by atoms with van der Waals surface area (Å²) < 4.78 is 4.91. The normalized spacial score (nSPS) is 10.0. The Morgan fingerprint density at radius 3 is 2.56 bits per heavy atom. The molecule has 2 aromatic carbocycles. The van der Waals surface area contributed by atoms with Crippen LogP contribution in [0.2, 0.25) is 10.0 Å². The standard InChI is InChI=1S/C15H11Cl2N3O4S/c1-24-13-5-3-9(7-12(13)20(22)23)18-15(25)19-14(21)10-4-2-8(16)6-11(10)17/h2-7H,1H3,(H2,18,19,21,25). The van der Waals surface area contributed by atoms with Crippen molar-refractivity contribution in [2.75, 3.05) is 12.4 Å². The van der Waals surface area contributed by atoms with Gasteiger partial charge in [0, 0.05) is 16.8 Å². The summed E-state index contributed by atoms with van der Waals surface area (Å²) in [7, 11) is 1.33. The van der Waals surface area contributed by atoms with Crippen molar-refractivity contribution in [2.45, 2.75) is 0 Å². The Balaban J connectivity index is 2.11. The Labute approximate surface area is 158 Å². The van der Waals surface area contributed by atoms with Gasteiger partial charge in [-0.3, -0.25) is 20.2 Å². The number of carbonyl (C=O) groups excluding carboxylic acids is 1. The highest BCUT2D eigenvalue weighted by Crippen LogP contribution is 2.29. The molecule has 10 heteroatoms. The second-order valence-corrected chi connectivity index (χ2v) is 5.93. The summed E-state index contributed by atoms with van der Waals surface area (Å²) in [6.07, 6.45) is 0. The lowest BCUT2D eigenvalue weighted by atomic mass is 10.2. The molecule has 0 atom stereocenters. The Kier molecular flexibility index (Phi) is 6.13. The summed E-state index contributed by atoms with van der Waals surface area (Å²) >= 11 is 16.8. The van der Waals surface area contributed by atoms with Crippen LogP contribution in [-0.4, -0.2) is 23.1 Å². The molecule has 0 spiro atoms. The van der Waals surface area contributed by atoms with Crippen LogP contribution in [0, 0.1) is 10.1 Å². The number of methoxy groups -OCH3 is 1. The molecule has 2 rings (SSSR count). The summed E-state index contributed by atoms with van der Waals surface area (Å²) in [5.41, 5.74) is 0.276. The third-order valence-corrected chi connectivity index (χ3v) is 3.79. The number of carbonyl (C=O) groups is 1. The molecule has 0 aliphatic heterocycles. The minimum absolute atomic E-state index is 0.0459. The monoisotopic (exact) mass is 399 g/mol. The van der Waals surface area contributed by atoms with E-state index in [0.29, 0.717) is 10.7 Å². The third kappa shape index (κ3) is 4.79. The molecular weight excluding hydrogens is 389 g/mol. The van der Waals surface area contributed by atoms with Gasteiger partial charge in [0.2, 0.25) is 0 Å². The lowest BCUT2D eigenvalue weighted by molar-refractivity contribution is -0.385. The van der Waals surface area contributed by atoms with Gasteiger partial charge >= 0.3 is 5.69 Å². The molecule has 0 aromatic heterocycles. The Morgan fingerprint density at radius 2 is 1.96 bits per heavy atom. The van der Waals surface area contributed by atoms with Crippen LogP contribution in [0.3, 0.4) is 0 Å². The largest absolute Gasteiger partial charge is 0.490 e. The number of nitrogens with one attached hydrogen (secondary N) is 2. The van der Waals surface area contributed by atoms with Crippen LogP contribution in [0.15, 0.2) is 36.4 Å². The van der Waals surface area contributed by atoms with Gasteiger partial charge in [-0.2, -0.15) is 0 Å². The van der Waals surface area contributed by atoms with Crippen LogP contribution < -0.4 is 15.4 Å². The lowest BCUT2D eigenvalue weighted by Crippen LogP contribution is -2.34. The summed E-state index contributed by atoms with van der Waals surface area (Å²) in [5, 5.41) is 16.7. The first-order valence-corrected chi connectivity index (χ1v) is 7.88. The fourth-order valence-corrected chi connectivity index (χ4v) is 2.62. The number of nitrogens with zero attached hydrogens (tertiary/aromatic N) is 1. The van der Waals surface area contributed by atoms with Gasteiger partial charge in [0.15, 0.2) is 10.9 Å². The van der Waals surface area contributed by atoms with Crippen molar-refractivity contribution in [3.63, 3.8) is 0 Å². The second kappa shape index (κ2) is 8.11. The number of rotatable bonds is 4. The molecule has 1 amide bonds. The van der Waals surface area contributed by atoms with E-state index in [0.717, 1.165) is 0 Å². The molecule has 0 saturated heterocycles. The highest BCUT2D eigenvalue weighted by atomic mass is 35.5. The number of hydrogen-bond acceptors (Lipinski definition) is 5. The molecule has 0 radical (unpaired) electrons. The van der Waals surface area contributed by atoms with Crippen molar-refractivity contribution < 1.29 is 14.5 Å². The van der Waals surface area contributed by atoms with E-state index < -0.39 is 10.8 Å². The number of amides is 1. The van der Waals surface area contributed by atoms with Gasteiger partial charge in [-0.1, -0.05) is 23.2 Å². The number of nitro benzene ring substituents is 1. The highest BCUT2D eigenvalue weighted by Gasteiger charge is 2.17. The van der Waals surface area contributed by atoms with Gasteiger partial charge in [0.05, 0.1) is 22.6 Å². The molecular formula is C15H11Cl2N3O4S. The zero-order valence-corrected chi connectivity index (χ0v) is 15.0. The van der Waals surface area contributed by atoms with Crippen LogP contribution in [0.25, 0.3) is 0 Å². The molecule has 25 heavy (non-hydrogen) atoms. The summed E-state index contributed by atoms with van der Waals surface area (Å²) in [6.45, 7) is 0. The number of benzene rings is 2. The lowest BCUT2D eigenvalue weighted by Gasteiger charge is -2.11. The molecule has 7 nitrogen and oxygen atoms in total. The molecule has 0 unspecified atom stereocenters. The summed E-state index contributed by atoms with van der Waals surface area (Å²) in [5.74, 6) is -0.430. The van der Waals surface area contributed by atoms with Crippen molar-refractivity contribution in [1.82, 2.24) is 5.32 Å². The molecule has 0 fully saturated rings. The van der Waals surface area contributed by atoms with Gasteiger partial charge in [0.1, 0.15) is 0 Å². The molecule has 2 aromatic rings. The van der Waals surface area contributed by atoms with Crippen molar-refractivity contribution in [2.24, 2.45) is 0 Å². The third-order valence-electron chi connectivity index (χ3n) is 3.04. The van der Waals surface area contributed by atoms with E-state index >= 15 is 0 Å². The van der Waals surface area contributed by atoms with E-state index in [9.17, 15) is 14.9 Å². The van der Waals surface area contributed by atoms with Gasteiger partial charge in [0.25, 0.3) is 5.91 Å². The second-order valence-electron chi connectivity index (χ2n) is 4.68. The van der Waals surface area contributed by atoms with Crippen LogP contribution in [0.1, 0.15) is 10.4 Å². The van der Waals surface area contributed by atoms with Crippen molar-refractivity contribution >= 4 is 57.8 Å². The molecule has 0 bridgehead atoms. The Morgan fingerprint density at radius 1 is 1.24 bits per heavy atom. The number of anilines is 1. The quantitative estimate of drug-likeness (QED) is 0.457. The van der Waals surface area contributed by atoms with E-state index in [1.54, 1.807) is 0 Å². The maximum absolute atomic E-state index is 12.2. The highest BCUT2D eigenvalue weighted by molar-refractivity contribution is 7.80.